The van der Waals surface area contributed by atoms with Gasteiger partial charge in [-0.3, -0.25) is 0 Å². The van der Waals surface area contributed by atoms with Crippen LogP contribution in [-0.2, 0) is 20.2 Å². The van der Waals surface area contributed by atoms with Crippen molar-refractivity contribution < 1.29 is 47.8 Å². The summed E-state index contributed by atoms with van der Waals surface area (Å²) in [7, 11) is -7.31. The van der Waals surface area contributed by atoms with Crippen LogP contribution < -0.4 is 17.8 Å². The summed E-state index contributed by atoms with van der Waals surface area (Å²) in [4.78, 5) is 0. The average Bonchev–Trinajstić information content (AvgIpc) is 2.59. The van der Waals surface area contributed by atoms with Gasteiger partial charge in [0.15, 0.2) is 11.5 Å². The first kappa shape index (κ1) is 22.6. The largest absolute Gasteiger partial charge is 0.534 e. The predicted molar refractivity (Wildman–Crippen MR) is 96.1 cm³/mol. The molecule has 0 saturated heterocycles. The fourth-order valence-electron chi connectivity index (χ4n) is 2.19. The molecule has 0 amide bonds. The maximum atomic E-state index is 12.6. The third-order valence-corrected chi connectivity index (χ3v) is 4.84. The van der Waals surface area contributed by atoms with E-state index in [0.29, 0.717) is 11.1 Å². The van der Waals surface area contributed by atoms with Crippen molar-refractivity contribution in [1.29, 1.82) is 0 Å². The molecule has 0 radical (unpaired) electrons. The van der Waals surface area contributed by atoms with Crippen LogP contribution in [-0.4, -0.2) is 42.8 Å². The lowest BCUT2D eigenvalue weighted by Gasteiger charge is -2.16. The molecule has 0 aliphatic heterocycles. The monoisotopic (exact) mass is 456 g/mol. The van der Waals surface area contributed by atoms with Crippen LogP contribution >= 0.6 is 0 Å². The van der Waals surface area contributed by atoms with Gasteiger partial charge in [0.25, 0.3) is 0 Å². The molecule has 160 valence electrons. The van der Waals surface area contributed by atoms with Crippen LogP contribution in [0.5, 0.6) is 23.0 Å². The summed E-state index contributed by atoms with van der Waals surface area (Å²) < 4.78 is 102. The van der Waals surface area contributed by atoms with Crippen molar-refractivity contribution in [3.8, 4) is 34.1 Å². The zero-order valence-corrected chi connectivity index (χ0v) is 16.8. The Balaban J connectivity index is 2.50. The van der Waals surface area contributed by atoms with Crippen LogP contribution in [0, 0.1) is 0 Å². The second kappa shape index (κ2) is 7.99. The third kappa shape index (κ3) is 5.44. The Bertz CT molecular complexity index is 1090. The zero-order chi connectivity index (χ0) is 22.0. The number of hydrogen-bond donors (Lipinski definition) is 0. The highest BCUT2D eigenvalue weighted by Crippen LogP contribution is 2.42. The van der Waals surface area contributed by atoms with Gasteiger partial charge in [-0.2, -0.15) is 30.0 Å². The lowest BCUT2D eigenvalue weighted by Crippen LogP contribution is -2.28. The van der Waals surface area contributed by atoms with Crippen LogP contribution in [0.3, 0.4) is 0 Å². The van der Waals surface area contributed by atoms with Gasteiger partial charge in [-0.15, -0.1) is 0 Å². The second-order valence-corrected chi connectivity index (χ2v) is 8.61. The highest BCUT2D eigenvalue weighted by atomic mass is 32.2. The van der Waals surface area contributed by atoms with E-state index in [1.54, 1.807) is 0 Å². The fourth-order valence-corrected chi connectivity index (χ4v) is 3.11. The number of benzene rings is 2. The summed E-state index contributed by atoms with van der Waals surface area (Å²) in [5.74, 6) is -0.999. The van der Waals surface area contributed by atoms with E-state index in [1.807, 2.05) is 0 Å². The zero-order valence-electron chi connectivity index (χ0n) is 15.2. The Labute approximate surface area is 165 Å². The minimum atomic E-state index is -5.92. The summed E-state index contributed by atoms with van der Waals surface area (Å²) in [6.45, 7) is 0. The SMILES string of the molecule is COc1cc(-c2ccc(OS(C)(=O)=O)cc2)c(OC)cc1OS(=O)(=O)C(F)(F)F. The van der Waals surface area contributed by atoms with E-state index in [0.717, 1.165) is 19.4 Å². The first-order valence-corrected chi connectivity index (χ1v) is 10.8. The van der Waals surface area contributed by atoms with Gasteiger partial charge in [0.2, 0.25) is 0 Å². The smallest absolute Gasteiger partial charge is 0.496 e. The summed E-state index contributed by atoms with van der Waals surface area (Å²) in [5, 5.41) is 0. The van der Waals surface area contributed by atoms with Gasteiger partial charge >= 0.3 is 25.7 Å². The van der Waals surface area contributed by atoms with Crippen LogP contribution in [0.2, 0.25) is 0 Å². The van der Waals surface area contributed by atoms with Crippen LogP contribution in [0.1, 0.15) is 0 Å². The molecule has 0 bridgehead atoms. The predicted octanol–water partition coefficient (Wildman–Crippen LogP) is 2.94. The molecule has 0 aliphatic carbocycles. The molecule has 0 aliphatic rings. The Hall–Kier alpha value is -2.67. The van der Waals surface area contributed by atoms with E-state index in [1.165, 1.54) is 37.4 Å². The van der Waals surface area contributed by atoms with Crippen molar-refractivity contribution in [2.75, 3.05) is 20.5 Å². The molecule has 13 heteroatoms. The highest BCUT2D eigenvalue weighted by Gasteiger charge is 2.49. The summed E-state index contributed by atoms with van der Waals surface area (Å²) in [6, 6.07) is 7.77. The van der Waals surface area contributed by atoms with Gasteiger partial charge in [-0.1, -0.05) is 12.1 Å². The van der Waals surface area contributed by atoms with E-state index in [9.17, 15) is 30.0 Å². The van der Waals surface area contributed by atoms with Gasteiger partial charge in [0, 0.05) is 11.6 Å². The summed E-state index contributed by atoms with van der Waals surface area (Å²) in [6.07, 6.45) is 0.878. The van der Waals surface area contributed by atoms with Crippen LogP contribution in [0.15, 0.2) is 36.4 Å². The Morgan fingerprint density at radius 1 is 0.793 bits per heavy atom. The van der Waals surface area contributed by atoms with E-state index < -0.39 is 31.5 Å². The number of methoxy groups -OCH3 is 2. The average molecular weight is 456 g/mol. The molecule has 29 heavy (non-hydrogen) atoms. The maximum Gasteiger partial charge on any atom is 0.534 e. The summed E-state index contributed by atoms with van der Waals surface area (Å²) >= 11 is 0. The van der Waals surface area contributed by atoms with Crippen molar-refractivity contribution in [3.63, 3.8) is 0 Å². The molecule has 0 fully saturated rings. The third-order valence-electron chi connectivity index (χ3n) is 3.38. The van der Waals surface area contributed by atoms with Gasteiger partial charge in [0.05, 0.1) is 20.5 Å². The number of ether oxygens (including phenoxy) is 2. The van der Waals surface area contributed by atoms with Crippen molar-refractivity contribution in [3.05, 3.63) is 36.4 Å². The molecule has 2 rings (SSSR count). The van der Waals surface area contributed by atoms with Crippen LogP contribution in [0.4, 0.5) is 13.2 Å². The molecule has 0 N–H and O–H groups in total. The molecule has 2 aromatic rings. The standard InChI is InChI=1S/C16H15F3O8S2/c1-24-13-9-15(27-29(22,23)16(17,18)19)14(25-2)8-12(13)10-4-6-11(7-5-10)26-28(3,20)21/h4-9H,1-3H3. The Morgan fingerprint density at radius 2 is 1.34 bits per heavy atom. The number of hydrogen-bond acceptors (Lipinski definition) is 8. The van der Waals surface area contributed by atoms with E-state index in [-0.39, 0.29) is 17.2 Å². The van der Waals surface area contributed by atoms with Crippen molar-refractivity contribution in [2.24, 2.45) is 0 Å². The molecular formula is C16H15F3O8S2. The lowest BCUT2D eigenvalue weighted by molar-refractivity contribution is -0.0500. The van der Waals surface area contributed by atoms with E-state index >= 15 is 0 Å². The minimum Gasteiger partial charge on any atom is -0.496 e. The summed E-state index contributed by atoms with van der Waals surface area (Å²) in [5.41, 5.74) is -4.86. The minimum absolute atomic E-state index is 0.0186. The van der Waals surface area contributed by atoms with Crippen molar-refractivity contribution >= 4 is 20.2 Å². The lowest BCUT2D eigenvalue weighted by atomic mass is 10.0. The van der Waals surface area contributed by atoms with Gasteiger partial charge in [-0.25, -0.2) is 0 Å². The first-order valence-electron chi connectivity index (χ1n) is 7.54. The van der Waals surface area contributed by atoms with Gasteiger partial charge in [0.1, 0.15) is 11.5 Å². The Morgan fingerprint density at radius 3 is 1.79 bits per heavy atom. The quantitative estimate of drug-likeness (QED) is 0.463. The molecular weight excluding hydrogens is 441 g/mol. The topological polar surface area (TPSA) is 105 Å². The van der Waals surface area contributed by atoms with Crippen LogP contribution in [0.25, 0.3) is 11.1 Å². The van der Waals surface area contributed by atoms with Crippen molar-refractivity contribution in [1.82, 2.24) is 0 Å². The number of rotatable bonds is 7. The molecule has 0 spiro atoms. The van der Waals surface area contributed by atoms with Gasteiger partial charge in [-0.05, 0) is 23.8 Å². The highest BCUT2D eigenvalue weighted by molar-refractivity contribution is 7.88. The molecule has 0 aromatic heterocycles. The molecule has 0 atom stereocenters. The molecule has 0 heterocycles. The normalized spacial score (nSPS) is 12.3. The Kier molecular flexibility index (Phi) is 6.23. The molecule has 2 aromatic carbocycles. The fraction of sp³-hybridized carbons (Fsp3) is 0.250. The molecule has 0 unspecified atom stereocenters. The maximum absolute atomic E-state index is 12.6. The van der Waals surface area contributed by atoms with Crippen molar-refractivity contribution in [2.45, 2.75) is 5.51 Å². The van der Waals surface area contributed by atoms with E-state index in [2.05, 4.69) is 4.18 Å². The molecule has 0 saturated carbocycles. The second-order valence-electron chi connectivity index (χ2n) is 5.50. The number of halogens is 3. The number of alkyl halides is 3. The van der Waals surface area contributed by atoms with Gasteiger partial charge < -0.3 is 17.8 Å². The molecule has 8 nitrogen and oxygen atoms in total. The first-order chi connectivity index (χ1) is 13.3. The van der Waals surface area contributed by atoms with E-state index in [4.69, 9.17) is 13.7 Å².